The van der Waals surface area contributed by atoms with E-state index in [4.69, 9.17) is 0 Å². The Morgan fingerprint density at radius 2 is 1.65 bits per heavy atom. The van der Waals surface area contributed by atoms with Crippen LogP contribution in [0.4, 0.5) is 0 Å². The fourth-order valence-electron chi connectivity index (χ4n) is 9.60. The lowest BCUT2D eigenvalue weighted by Gasteiger charge is -2.60. The van der Waals surface area contributed by atoms with Gasteiger partial charge in [-0.1, -0.05) is 89.9 Å². The van der Waals surface area contributed by atoms with Crippen LogP contribution in [0.5, 0.6) is 0 Å². The third-order valence-corrected chi connectivity index (χ3v) is 12.6. The maximum atomic E-state index is 2.74. The Hall–Kier alpha value is -0.690. The summed E-state index contributed by atoms with van der Waals surface area (Å²) in [5.74, 6) is 6.65. The fraction of sp³-hybridized carbons (Fsp3) is 0.758. The van der Waals surface area contributed by atoms with Crippen LogP contribution < -0.4 is 0 Å². The smallest absolute Gasteiger partial charge is 0.0118 e. The second-order valence-corrected chi connectivity index (χ2v) is 14.9. The van der Waals surface area contributed by atoms with Gasteiger partial charge >= 0.3 is 0 Å². The highest BCUT2D eigenvalue weighted by Gasteiger charge is 2.60. The molecule has 188 valence electrons. The number of hydrogen-bond donors (Lipinski definition) is 0. The highest BCUT2D eigenvalue weighted by molar-refractivity contribution is 8.03. The molecule has 1 aromatic rings. The Labute approximate surface area is 215 Å². The molecule has 0 unspecified atom stereocenters. The zero-order valence-electron chi connectivity index (χ0n) is 22.7. The van der Waals surface area contributed by atoms with Crippen molar-refractivity contribution in [2.75, 3.05) is 0 Å². The average Bonchev–Trinajstić information content (AvgIpc) is 3.17. The molecule has 3 fully saturated rings. The average molecular weight is 479 g/mol. The van der Waals surface area contributed by atoms with Crippen molar-refractivity contribution >= 4 is 11.8 Å². The minimum Gasteiger partial charge on any atom is -0.0949 e. The van der Waals surface area contributed by atoms with E-state index >= 15 is 0 Å². The molecule has 0 saturated heterocycles. The molecule has 0 radical (unpaired) electrons. The number of thioether (sulfide) groups is 1. The summed E-state index contributed by atoms with van der Waals surface area (Å²) < 4.78 is 0. The van der Waals surface area contributed by atoms with Crippen LogP contribution in [0.25, 0.3) is 0 Å². The molecule has 34 heavy (non-hydrogen) atoms. The van der Waals surface area contributed by atoms with Crippen LogP contribution in [0.1, 0.15) is 105 Å². The van der Waals surface area contributed by atoms with E-state index in [0.29, 0.717) is 10.8 Å². The Morgan fingerprint density at radius 1 is 0.882 bits per heavy atom. The first kappa shape index (κ1) is 25.0. The molecule has 0 aliphatic heterocycles. The lowest BCUT2D eigenvalue weighted by molar-refractivity contribution is -0.101. The summed E-state index contributed by atoms with van der Waals surface area (Å²) in [6.45, 7) is 12.8. The van der Waals surface area contributed by atoms with Crippen molar-refractivity contribution in [3.63, 3.8) is 0 Å². The molecule has 8 atom stereocenters. The largest absolute Gasteiger partial charge is 0.0949 e. The molecule has 5 rings (SSSR count). The maximum absolute atomic E-state index is 2.74. The summed E-state index contributed by atoms with van der Waals surface area (Å²) in [6, 6.07) is 11.0. The van der Waals surface area contributed by atoms with Crippen molar-refractivity contribution in [2.45, 2.75) is 110 Å². The van der Waals surface area contributed by atoms with Crippen LogP contribution in [0.3, 0.4) is 0 Å². The molecule has 0 spiro atoms. The summed E-state index contributed by atoms with van der Waals surface area (Å²) in [6.07, 6.45) is 18.7. The van der Waals surface area contributed by atoms with Gasteiger partial charge in [0.1, 0.15) is 0 Å². The highest BCUT2D eigenvalue weighted by Crippen LogP contribution is 2.68. The van der Waals surface area contributed by atoms with Crippen molar-refractivity contribution in [1.82, 2.24) is 0 Å². The Kier molecular flexibility index (Phi) is 7.34. The molecule has 0 heterocycles. The fourth-order valence-corrected chi connectivity index (χ4v) is 10.6. The van der Waals surface area contributed by atoms with Gasteiger partial charge in [-0.25, -0.2) is 0 Å². The summed E-state index contributed by atoms with van der Waals surface area (Å²) in [5.41, 5.74) is 1.17. The molecule has 4 aliphatic rings. The molecule has 4 aliphatic carbocycles. The monoisotopic (exact) mass is 478 g/mol. The van der Waals surface area contributed by atoms with E-state index in [1.165, 1.54) is 75.5 Å². The molecule has 0 bridgehead atoms. The first-order valence-electron chi connectivity index (χ1n) is 14.7. The number of allylic oxidation sites excluding steroid dienone is 2. The Morgan fingerprint density at radius 3 is 2.41 bits per heavy atom. The van der Waals surface area contributed by atoms with Crippen LogP contribution in [0.15, 0.2) is 46.2 Å². The molecule has 0 N–H and O–H groups in total. The van der Waals surface area contributed by atoms with Crippen LogP contribution >= 0.6 is 11.8 Å². The molecule has 1 heteroatoms. The molecule has 3 saturated carbocycles. The van der Waals surface area contributed by atoms with Crippen molar-refractivity contribution in [1.29, 1.82) is 0 Å². The van der Waals surface area contributed by atoms with Crippen LogP contribution in [-0.4, -0.2) is 0 Å². The highest BCUT2D eigenvalue weighted by atomic mass is 32.2. The normalized spacial score (nSPS) is 40.3. The summed E-state index contributed by atoms with van der Waals surface area (Å²) in [7, 11) is 0. The van der Waals surface area contributed by atoms with Gasteiger partial charge in [0.15, 0.2) is 0 Å². The predicted octanol–water partition coefficient (Wildman–Crippen LogP) is 10.4. The van der Waals surface area contributed by atoms with Crippen molar-refractivity contribution in [3.8, 4) is 0 Å². The van der Waals surface area contributed by atoms with Gasteiger partial charge < -0.3 is 0 Å². The third-order valence-electron chi connectivity index (χ3n) is 11.5. The summed E-state index contributed by atoms with van der Waals surface area (Å²) in [5, 5.41) is 0. The SMILES string of the molecule is CC(C)CCC[C@@H](C)[C@H]1CC[C@H]2[C@@H]3CC[C@H]4CC(Sc5ccccc5)=CC[C@]4(C)[C@H]3CC[C@]12C. The van der Waals surface area contributed by atoms with Gasteiger partial charge in [-0.3, -0.25) is 0 Å². The van der Waals surface area contributed by atoms with E-state index in [2.05, 4.69) is 71.0 Å². The second-order valence-electron chi connectivity index (χ2n) is 13.7. The maximum Gasteiger partial charge on any atom is 0.0118 e. The summed E-state index contributed by atoms with van der Waals surface area (Å²) >= 11 is 2.04. The minimum atomic E-state index is 0.548. The Balaban J connectivity index is 1.27. The van der Waals surface area contributed by atoms with Gasteiger partial charge in [-0.15, -0.1) is 0 Å². The zero-order valence-corrected chi connectivity index (χ0v) is 23.5. The number of benzene rings is 1. The van der Waals surface area contributed by atoms with Gasteiger partial charge in [0.25, 0.3) is 0 Å². The number of rotatable bonds is 7. The third kappa shape index (κ3) is 4.57. The van der Waals surface area contributed by atoms with Gasteiger partial charge in [0.2, 0.25) is 0 Å². The van der Waals surface area contributed by atoms with Crippen molar-refractivity contribution in [3.05, 3.63) is 41.3 Å². The minimum absolute atomic E-state index is 0.548. The van der Waals surface area contributed by atoms with Gasteiger partial charge in [-0.05, 0) is 121 Å². The van der Waals surface area contributed by atoms with Crippen LogP contribution in [0.2, 0.25) is 0 Å². The first-order chi connectivity index (χ1) is 16.3. The number of fused-ring (bicyclic) bond motifs is 5. The van der Waals surface area contributed by atoms with Gasteiger partial charge in [0, 0.05) is 4.90 Å². The van der Waals surface area contributed by atoms with Gasteiger partial charge in [-0.2, -0.15) is 0 Å². The Bertz CT molecular complexity index is 855. The van der Waals surface area contributed by atoms with E-state index < -0.39 is 0 Å². The molecular weight excluding hydrogens is 428 g/mol. The number of hydrogen-bond acceptors (Lipinski definition) is 1. The van der Waals surface area contributed by atoms with E-state index in [1.807, 2.05) is 11.8 Å². The van der Waals surface area contributed by atoms with E-state index in [9.17, 15) is 0 Å². The van der Waals surface area contributed by atoms with Gasteiger partial charge in [0.05, 0.1) is 0 Å². The first-order valence-corrected chi connectivity index (χ1v) is 15.5. The van der Waals surface area contributed by atoms with E-state index in [-0.39, 0.29) is 0 Å². The van der Waals surface area contributed by atoms with Crippen molar-refractivity contribution < 1.29 is 0 Å². The standard InChI is InChI=1S/C33H50S/c1-23(2)10-9-11-24(3)29-16-17-30-28-15-14-25-22-27(34-26-12-7-6-8-13-26)18-20-32(25,4)31(28)19-21-33(29,30)5/h6-8,12-13,18,23-25,28-31H,9-11,14-17,19-22H2,1-5H3/t24-,25+,28+,29-,30+,31+,32+,33-/m1/s1. The molecular formula is C33H50S. The zero-order chi connectivity index (χ0) is 23.9. The lowest BCUT2D eigenvalue weighted by atomic mass is 9.45. The topological polar surface area (TPSA) is 0 Å². The molecule has 0 amide bonds. The van der Waals surface area contributed by atoms with E-state index in [1.54, 1.807) is 4.91 Å². The molecule has 0 aromatic heterocycles. The van der Waals surface area contributed by atoms with Crippen LogP contribution in [-0.2, 0) is 0 Å². The van der Waals surface area contributed by atoms with Crippen molar-refractivity contribution in [2.24, 2.45) is 52.3 Å². The van der Waals surface area contributed by atoms with E-state index in [0.717, 1.165) is 41.4 Å². The lowest BCUT2D eigenvalue weighted by Crippen LogP contribution is -2.52. The summed E-state index contributed by atoms with van der Waals surface area (Å²) in [4.78, 5) is 3.06. The van der Waals surface area contributed by atoms with Crippen LogP contribution in [0, 0.1) is 52.3 Å². The quantitative estimate of drug-likeness (QED) is 0.375. The molecule has 1 aromatic carbocycles. The predicted molar refractivity (Wildman–Crippen MR) is 149 cm³/mol. The molecule has 0 nitrogen and oxygen atoms in total. The second kappa shape index (κ2) is 9.99.